The maximum Gasteiger partial charge on any atom is 0.309 e. The summed E-state index contributed by atoms with van der Waals surface area (Å²) in [4.78, 5) is 30.8. The molecule has 1 amide bonds. The number of anilines is 1. The van der Waals surface area contributed by atoms with E-state index in [2.05, 4.69) is 26.0 Å². The van der Waals surface area contributed by atoms with Gasteiger partial charge in [-0.1, -0.05) is 50.6 Å². The van der Waals surface area contributed by atoms with E-state index < -0.39 is 17.9 Å². The Bertz CT molecular complexity index is 1370. The summed E-state index contributed by atoms with van der Waals surface area (Å²) in [6.07, 6.45) is 2.72. The standard InChI is InChI=1S/C33H38N2O6/c1-4-6-16-35(25-9-7-8-22(5-2)17-25)30(36)20-34-19-27(24-12-15-28-29(18-24)41-21-40-28)31(33(37)38)32(34)23-10-13-26(39-3)14-11-23/h7-15,17-18,27,31-32H,4-6,16,19-21H2,1-3H3,(H,37,38)/t27-,31+,32-/m1/s1. The van der Waals surface area contributed by atoms with Crippen molar-refractivity contribution in [3.8, 4) is 17.2 Å². The maximum atomic E-state index is 14.0. The van der Waals surface area contributed by atoms with Crippen LogP contribution in [0.5, 0.6) is 17.2 Å². The third-order valence-corrected chi connectivity index (χ3v) is 8.17. The van der Waals surface area contributed by atoms with Crippen LogP contribution in [0.15, 0.2) is 66.7 Å². The molecule has 1 saturated heterocycles. The average molecular weight is 559 g/mol. The molecule has 0 radical (unpaired) electrons. The molecule has 2 aliphatic rings. The second kappa shape index (κ2) is 12.6. The molecule has 0 spiro atoms. The number of unbranched alkanes of at least 4 members (excludes halogenated alkanes) is 1. The number of aryl methyl sites for hydroxylation is 1. The van der Waals surface area contributed by atoms with Crippen LogP contribution in [-0.2, 0) is 16.0 Å². The van der Waals surface area contributed by atoms with Crippen LogP contribution in [0, 0.1) is 5.92 Å². The van der Waals surface area contributed by atoms with Crippen LogP contribution < -0.4 is 19.1 Å². The minimum atomic E-state index is -0.901. The van der Waals surface area contributed by atoms with Crippen LogP contribution in [0.1, 0.15) is 55.3 Å². The minimum absolute atomic E-state index is 0.0410. The molecule has 8 nitrogen and oxygen atoms in total. The number of carboxylic acids is 1. The van der Waals surface area contributed by atoms with Crippen LogP contribution in [0.4, 0.5) is 5.69 Å². The highest BCUT2D eigenvalue weighted by Crippen LogP contribution is 2.48. The molecular formula is C33H38N2O6. The smallest absolute Gasteiger partial charge is 0.309 e. The molecule has 41 heavy (non-hydrogen) atoms. The van der Waals surface area contributed by atoms with E-state index in [4.69, 9.17) is 14.2 Å². The Hall–Kier alpha value is -4.04. The molecule has 0 saturated carbocycles. The lowest BCUT2D eigenvalue weighted by Gasteiger charge is -2.30. The van der Waals surface area contributed by atoms with Crippen molar-refractivity contribution in [1.29, 1.82) is 0 Å². The highest BCUT2D eigenvalue weighted by molar-refractivity contribution is 5.95. The van der Waals surface area contributed by atoms with E-state index >= 15 is 0 Å². The van der Waals surface area contributed by atoms with E-state index in [1.165, 1.54) is 5.56 Å². The number of carbonyl (C=O) groups excluding carboxylic acids is 1. The van der Waals surface area contributed by atoms with E-state index in [1.807, 2.05) is 64.4 Å². The molecule has 2 heterocycles. The summed E-state index contributed by atoms with van der Waals surface area (Å²) >= 11 is 0. The molecular weight excluding hydrogens is 520 g/mol. The highest BCUT2D eigenvalue weighted by atomic mass is 16.7. The number of amides is 1. The number of hydrogen-bond donors (Lipinski definition) is 1. The first kappa shape index (κ1) is 28.5. The van der Waals surface area contributed by atoms with Crippen molar-refractivity contribution in [3.05, 3.63) is 83.4 Å². The first-order chi connectivity index (χ1) is 19.9. The predicted molar refractivity (Wildman–Crippen MR) is 157 cm³/mol. The topological polar surface area (TPSA) is 88.5 Å². The quantitative estimate of drug-likeness (QED) is 0.325. The molecule has 3 aromatic rings. The third kappa shape index (κ3) is 6.03. The van der Waals surface area contributed by atoms with E-state index in [-0.39, 0.29) is 25.2 Å². The van der Waals surface area contributed by atoms with Gasteiger partial charge in [-0.05, 0) is 65.9 Å². The van der Waals surface area contributed by atoms with E-state index in [1.54, 1.807) is 7.11 Å². The number of carbonyl (C=O) groups is 2. The zero-order valence-electron chi connectivity index (χ0n) is 23.9. The van der Waals surface area contributed by atoms with Crippen molar-refractivity contribution >= 4 is 17.6 Å². The van der Waals surface area contributed by atoms with Gasteiger partial charge in [0.2, 0.25) is 12.7 Å². The Morgan fingerprint density at radius 3 is 2.46 bits per heavy atom. The molecule has 0 aromatic heterocycles. The minimum Gasteiger partial charge on any atom is -0.497 e. The first-order valence-corrected chi connectivity index (χ1v) is 14.3. The SMILES string of the molecule is CCCCN(C(=O)CN1C[C@H](c2ccc3c(c2)OCO3)[C@H](C(=O)O)[C@H]1c1ccc(OC)cc1)c1cccc(CC)c1. The Balaban J connectivity index is 1.51. The number of fused-ring (bicyclic) bond motifs is 1. The summed E-state index contributed by atoms with van der Waals surface area (Å²) < 4.78 is 16.4. The number of benzene rings is 3. The molecule has 0 bridgehead atoms. The van der Waals surface area contributed by atoms with Gasteiger partial charge in [-0.15, -0.1) is 0 Å². The summed E-state index contributed by atoms with van der Waals surface area (Å²) in [5, 5.41) is 10.6. The fourth-order valence-electron chi connectivity index (χ4n) is 5.99. The summed E-state index contributed by atoms with van der Waals surface area (Å²) in [6, 6.07) is 20.7. The summed E-state index contributed by atoms with van der Waals surface area (Å²) in [7, 11) is 1.60. The molecule has 5 rings (SSSR count). The Morgan fingerprint density at radius 2 is 1.76 bits per heavy atom. The van der Waals surface area contributed by atoms with Crippen LogP contribution in [0.25, 0.3) is 0 Å². The van der Waals surface area contributed by atoms with E-state index in [0.29, 0.717) is 30.3 Å². The molecule has 0 unspecified atom stereocenters. The van der Waals surface area contributed by atoms with Gasteiger partial charge < -0.3 is 24.2 Å². The fourth-order valence-corrected chi connectivity index (χ4v) is 5.99. The molecule has 3 aromatic carbocycles. The highest BCUT2D eigenvalue weighted by Gasteiger charge is 2.48. The Labute approximate surface area is 241 Å². The first-order valence-electron chi connectivity index (χ1n) is 14.3. The van der Waals surface area contributed by atoms with Crippen molar-refractivity contribution in [3.63, 3.8) is 0 Å². The fraction of sp³-hybridized carbons (Fsp3) is 0.394. The lowest BCUT2D eigenvalue weighted by molar-refractivity contribution is -0.143. The largest absolute Gasteiger partial charge is 0.497 e. The third-order valence-electron chi connectivity index (χ3n) is 8.17. The van der Waals surface area contributed by atoms with Crippen LogP contribution in [0.2, 0.25) is 0 Å². The molecule has 0 aliphatic carbocycles. The average Bonchev–Trinajstić information content (AvgIpc) is 3.62. The number of aliphatic carboxylic acids is 1. The van der Waals surface area contributed by atoms with Crippen molar-refractivity contribution < 1.29 is 28.9 Å². The van der Waals surface area contributed by atoms with Gasteiger partial charge in [-0.3, -0.25) is 14.5 Å². The van der Waals surface area contributed by atoms with E-state index in [9.17, 15) is 14.7 Å². The predicted octanol–water partition coefficient (Wildman–Crippen LogP) is 5.66. The van der Waals surface area contributed by atoms with Gasteiger partial charge in [0, 0.05) is 30.7 Å². The molecule has 8 heteroatoms. The van der Waals surface area contributed by atoms with Gasteiger partial charge in [-0.2, -0.15) is 0 Å². The van der Waals surface area contributed by atoms with Crippen LogP contribution in [0.3, 0.4) is 0 Å². The lowest BCUT2D eigenvalue weighted by Crippen LogP contribution is -2.41. The number of nitrogens with zero attached hydrogens (tertiary/aromatic N) is 2. The maximum absolute atomic E-state index is 14.0. The number of ether oxygens (including phenoxy) is 3. The second-order valence-corrected chi connectivity index (χ2v) is 10.7. The second-order valence-electron chi connectivity index (χ2n) is 10.7. The lowest BCUT2D eigenvalue weighted by atomic mass is 9.82. The Kier molecular flexibility index (Phi) is 8.78. The zero-order chi connectivity index (χ0) is 28.9. The van der Waals surface area contributed by atoms with Gasteiger partial charge in [0.25, 0.3) is 0 Å². The summed E-state index contributed by atoms with van der Waals surface area (Å²) in [6.45, 7) is 5.48. The molecule has 216 valence electrons. The monoisotopic (exact) mass is 558 g/mol. The number of likely N-dealkylation sites (tertiary alicyclic amines) is 1. The van der Waals surface area contributed by atoms with Crippen molar-refractivity contribution in [1.82, 2.24) is 4.90 Å². The van der Waals surface area contributed by atoms with Gasteiger partial charge in [0.05, 0.1) is 19.6 Å². The number of methoxy groups -OCH3 is 1. The van der Waals surface area contributed by atoms with Gasteiger partial charge in [0.1, 0.15) is 5.75 Å². The number of hydrogen-bond acceptors (Lipinski definition) is 6. The van der Waals surface area contributed by atoms with Crippen molar-refractivity contribution in [2.75, 3.05) is 38.4 Å². The zero-order valence-corrected chi connectivity index (χ0v) is 23.9. The van der Waals surface area contributed by atoms with Gasteiger partial charge in [0.15, 0.2) is 11.5 Å². The van der Waals surface area contributed by atoms with Crippen LogP contribution in [-0.4, -0.2) is 55.4 Å². The molecule has 1 fully saturated rings. The summed E-state index contributed by atoms with van der Waals surface area (Å²) in [5.41, 5.74) is 3.74. The normalized spacial score (nSPS) is 19.7. The number of rotatable bonds is 11. The van der Waals surface area contributed by atoms with Gasteiger partial charge >= 0.3 is 5.97 Å². The molecule has 3 atom stereocenters. The van der Waals surface area contributed by atoms with Crippen molar-refractivity contribution in [2.45, 2.75) is 45.1 Å². The number of carboxylic acid groups (broad SMARTS) is 1. The van der Waals surface area contributed by atoms with Crippen LogP contribution >= 0.6 is 0 Å². The Morgan fingerprint density at radius 1 is 1.00 bits per heavy atom. The summed E-state index contributed by atoms with van der Waals surface area (Å²) in [5.74, 6) is -0.113. The molecule has 2 aliphatic heterocycles. The van der Waals surface area contributed by atoms with Gasteiger partial charge in [-0.25, -0.2) is 0 Å². The van der Waals surface area contributed by atoms with Crippen molar-refractivity contribution in [2.24, 2.45) is 5.92 Å². The molecule has 1 N–H and O–H groups in total. The van der Waals surface area contributed by atoms with E-state index in [0.717, 1.165) is 36.1 Å².